The van der Waals surface area contributed by atoms with Gasteiger partial charge in [-0.3, -0.25) is 14.6 Å². The van der Waals surface area contributed by atoms with Gasteiger partial charge in [-0.05, 0) is 32.1 Å². The molecule has 0 radical (unpaired) electrons. The molecule has 186 valence electrons. The standard InChI is InChI=1S/C21H40N2.C4H7NO4/c1-2-3-4-5-6-7-8-9-10-11-12-13-14-15-16-17-19-23-20-18-22-21-23;5-2(4(8)9)1-3(6)7/h9-10,21H,2-8,11-20H2,1H3;2H,1,5H2,(H,6,7)(H,8,9)/t;2-/m.0/s1. The molecule has 1 atom stereocenters. The van der Waals surface area contributed by atoms with E-state index in [1.54, 1.807) is 0 Å². The number of rotatable bonds is 19. The number of hydrogen-bond donors (Lipinski definition) is 3. The van der Waals surface area contributed by atoms with Crippen LogP contribution in [0.1, 0.15) is 103 Å². The van der Waals surface area contributed by atoms with Gasteiger partial charge < -0.3 is 20.8 Å². The molecule has 4 N–H and O–H groups in total. The van der Waals surface area contributed by atoms with Crippen molar-refractivity contribution in [3.05, 3.63) is 12.2 Å². The van der Waals surface area contributed by atoms with Gasteiger partial charge in [0, 0.05) is 13.1 Å². The normalized spacial score (nSPS) is 13.9. The van der Waals surface area contributed by atoms with E-state index in [1.807, 2.05) is 6.34 Å². The second-order valence-electron chi connectivity index (χ2n) is 8.54. The molecule has 0 bridgehead atoms. The molecule has 0 saturated heterocycles. The summed E-state index contributed by atoms with van der Waals surface area (Å²) in [4.78, 5) is 26.2. The van der Waals surface area contributed by atoms with Crippen LogP contribution in [-0.2, 0) is 9.59 Å². The highest BCUT2D eigenvalue weighted by molar-refractivity contribution is 5.80. The van der Waals surface area contributed by atoms with Crippen molar-refractivity contribution >= 4 is 18.3 Å². The average Bonchev–Trinajstić information content (AvgIpc) is 3.27. The number of carbonyl (C=O) groups is 2. The summed E-state index contributed by atoms with van der Waals surface area (Å²) in [6, 6.07) is -1.29. The first-order valence-corrected chi connectivity index (χ1v) is 12.6. The Labute approximate surface area is 195 Å². The van der Waals surface area contributed by atoms with E-state index in [1.165, 1.54) is 96.4 Å². The third kappa shape index (κ3) is 21.3. The summed E-state index contributed by atoms with van der Waals surface area (Å²) in [5.41, 5.74) is 4.84. The minimum absolute atomic E-state index is 0.532. The summed E-state index contributed by atoms with van der Waals surface area (Å²) < 4.78 is 0. The number of nitrogens with two attached hydrogens (primary N) is 1. The minimum atomic E-state index is -1.29. The molecule has 1 aliphatic rings. The van der Waals surface area contributed by atoms with Crippen LogP contribution in [0.25, 0.3) is 0 Å². The van der Waals surface area contributed by atoms with Crippen LogP contribution in [0.2, 0.25) is 0 Å². The quantitative estimate of drug-likeness (QED) is 0.182. The Morgan fingerprint density at radius 2 is 1.47 bits per heavy atom. The molecule has 7 nitrogen and oxygen atoms in total. The zero-order valence-electron chi connectivity index (χ0n) is 20.2. The number of hydrogen-bond acceptors (Lipinski definition) is 5. The van der Waals surface area contributed by atoms with E-state index in [-0.39, 0.29) is 0 Å². The summed E-state index contributed by atoms with van der Waals surface area (Å²) in [6.45, 7) is 5.65. The molecule has 32 heavy (non-hydrogen) atoms. The first-order valence-electron chi connectivity index (χ1n) is 12.6. The fraction of sp³-hybridized carbons (Fsp3) is 0.800. The second-order valence-corrected chi connectivity index (χ2v) is 8.54. The van der Waals surface area contributed by atoms with Gasteiger partial charge in [-0.1, -0.05) is 76.9 Å². The van der Waals surface area contributed by atoms with Crippen LogP contribution < -0.4 is 5.73 Å². The van der Waals surface area contributed by atoms with Gasteiger partial charge in [0.2, 0.25) is 0 Å². The zero-order valence-corrected chi connectivity index (χ0v) is 20.2. The topological polar surface area (TPSA) is 116 Å². The molecule has 0 fully saturated rings. The zero-order chi connectivity index (χ0) is 23.9. The molecule has 0 saturated carbocycles. The van der Waals surface area contributed by atoms with Crippen molar-refractivity contribution < 1.29 is 19.8 Å². The summed E-state index contributed by atoms with van der Waals surface area (Å²) in [5.74, 6) is -2.50. The molecule has 0 unspecified atom stereocenters. The minimum Gasteiger partial charge on any atom is -0.481 e. The maximum absolute atomic E-state index is 9.85. The van der Waals surface area contributed by atoms with Gasteiger partial charge in [0.1, 0.15) is 6.04 Å². The number of nitrogens with zero attached hydrogens (tertiary/aromatic N) is 2. The lowest BCUT2D eigenvalue weighted by Gasteiger charge is -2.12. The van der Waals surface area contributed by atoms with E-state index < -0.39 is 24.4 Å². The van der Waals surface area contributed by atoms with Crippen LogP contribution in [0, 0.1) is 0 Å². The van der Waals surface area contributed by atoms with Crippen LogP contribution in [0.4, 0.5) is 0 Å². The Balaban J connectivity index is 0.000000900. The second kappa shape index (κ2) is 22.3. The van der Waals surface area contributed by atoms with E-state index in [4.69, 9.17) is 15.9 Å². The number of aliphatic imine (C=N–C) groups is 1. The van der Waals surface area contributed by atoms with Crippen LogP contribution in [0.3, 0.4) is 0 Å². The van der Waals surface area contributed by atoms with E-state index in [2.05, 4.69) is 29.0 Å². The molecule has 1 aliphatic heterocycles. The van der Waals surface area contributed by atoms with Crippen LogP contribution >= 0.6 is 0 Å². The fourth-order valence-corrected chi connectivity index (χ4v) is 3.42. The first-order chi connectivity index (χ1) is 15.5. The average molecular weight is 454 g/mol. The van der Waals surface area contributed by atoms with E-state index in [0.29, 0.717) is 0 Å². The Bertz CT molecular complexity index is 523. The lowest BCUT2D eigenvalue weighted by Crippen LogP contribution is -2.32. The molecular formula is C25H47N3O4. The number of carboxylic acids is 2. The van der Waals surface area contributed by atoms with Crippen molar-refractivity contribution in [2.75, 3.05) is 19.6 Å². The van der Waals surface area contributed by atoms with Gasteiger partial charge in [0.05, 0.1) is 19.3 Å². The number of unbranched alkanes of at least 4 members (excludes halogenated alkanes) is 12. The van der Waals surface area contributed by atoms with Gasteiger partial charge in [-0.2, -0.15) is 0 Å². The van der Waals surface area contributed by atoms with Crippen molar-refractivity contribution in [1.82, 2.24) is 4.90 Å². The van der Waals surface area contributed by atoms with E-state index in [0.717, 1.165) is 13.1 Å². The Morgan fingerprint density at radius 1 is 0.938 bits per heavy atom. The highest BCUT2D eigenvalue weighted by atomic mass is 16.4. The number of aliphatic carboxylic acids is 2. The Hall–Kier alpha value is -1.89. The number of allylic oxidation sites excluding steroid dienone is 2. The maximum Gasteiger partial charge on any atom is 0.321 e. The van der Waals surface area contributed by atoms with Gasteiger partial charge in [-0.15, -0.1) is 0 Å². The molecule has 0 spiro atoms. The third-order valence-electron chi connectivity index (χ3n) is 5.43. The summed E-state index contributed by atoms with van der Waals surface area (Å²) >= 11 is 0. The fourth-order valence-electron chi connectivity index (χ4n) is 3.42. The predicted molar refractivity (Wildman–Crippen MR) is 132 cm³/mol. The monoisotopic (exact) mass is 453 g/mol. The van der Waals surface area contributed by atoms with Gasteiger partial charge in [0.25, 0.3) is 0 Å². The third-order valence-corrected chi connectivity index (χ3v) is 5.43. The molecule has 1 heterocycles. The lowest BCUT2D eigenvalue weighted by molar-refractivity contribution is -0.144. The molecule has 7 heteroatoms. The van der Waals surface area contributed by atoms with Crippen molar-refractivity contribution in [2.24, 2.45) is 10.7 Å². The van der Waals surface area contributed by atoms with Gasteiger partial charge in [0.15, 0.2) is 0 Å². The molecular weight excluding hydrogens is 406 g/mol. The van der Waals surface area contributed by atoms with Crippen LogP contribution in [-0.4, -0.2) is 59.1 Å². The van der Waals surface area contributed by atoms with Crippen LogP contribution in [0.15, 0.2) is 17.1 Å². The predicted octanol–water partition coefficient (Wildman–Crippen LogP) is 5.24. The molecule has 0 aromatic carbocycles. The van der Waals surface area contributed by atoms with E-state index >= 15 is 0 Å². The lowest BCUT2D eigenvalue weighted by atomic mass is 10.1. The highest BCUT2D eigenvalue weighted by Crippen LogP contribution is 2.10. The molecule has 0 amide bonds. The van der Waals surface area contributed by atoms with Crippen molar-refractivity contribution in [3.63, 3.8) is 0 Å². The largest absolute Gasteiger partial charge is 0.481 e. The summed E-state index contributed by atoms with van der Waals surface area (Å²) in [6.07, 6.45) is 25.7. The highest BCUT2D eigenvalue weighted by Gasteiger charge is 2.14. The van der Waals surface area contributed by atoms with E-state index in [9.17, 15) is 9.59 Å². The van der Waals surface area contributed by atoms with Crippen LogP contribution in [0.5, 0.6) is 0 Å². The SMILES string of the molecule is CCCCCCCCC=CCCCCCCCCN1C=NCC1.N[C@@H](CC(=O)O)C(=O)O. The van der Waals surface area contributed by atoms with Gasteiger partial charge in [-0.25, -0.2) is 0 Å². The molecule has 1 rings (SSSR count). The van der Waals surface area contributed by atoms with Gasteiger partial charge >= 0.3 is 11.9 Å². The maximum atomic E-state index is 9.85. The van der Waals surface area contributed by atoms with Crippen molar-refractivity contribution in [2.45, 2.75) is 109 Å². The number of carboxylic acid groups (broad SMARTS) is 2. The Morgan fingerprint density at radius 3 is 1.91 bits per heavy atom. The molecule has 0 aromatic rings. The Kier molecular flexibility index (Phi) is 21.0. The van der Waals surface area contributed by atoms with Crippen molar-refractivity contribution in [3.8, 4) is 0 Å². The van der Waals surface area contributed by atoms with Crippen molar-refractivity contribution in [1.29, 1.82) is 0 Å². The first kappa shape index (κ1) is 30.1. The summed E-state index contributed by atoms with van der Waals surface area (Å²) in [7, 11) is 0. The smallest absolute Gasteiger partial charge is 0.321 e. The molecule has 0 aliphatic carbocycles. The summed E-state index contributed by atoms with van der Waals surface area (Å²) in [5, 5.41) is 16.0. The molecule has 0 aromatic heterocycles.